The maximum atomic E-state index is 4.36. The highest BCUT2D eigenvalue weighted by Crippen LogP contribution is 2.65. The first-order chi connectivity index (χ1) is 14.1. The fourth-order valence-electron chi connectivity index (χ4n) is 7.58. The first-order valence-electron chi connectivity index (χ1n) is 11.6. The third kappa shape index (κ3) is 2.62. The number of fused-ring (bicyclic) bond motifs is 6. The zero-order valence-corrected chi connectivity index (χ0v) is 17.7. The molecule has 29 heavy (non-hydrogen) atoms. The number of rotatable bonds is 1. The van der Waals surface area contributed by atoms with Crippen LogP contribution in [-0.4, -0.2) is 4.98 Å². The summed E-state index contributed by atoms with van der Waals surface area (Å²) in [6.45, 7) is 4.87. The van der Waals surface area contributed by atoms with Crippen molar-refractivity contribution < 1.29 is 0 Å². The van der Waals surface area contributed by atoms with Gasteiger partial charge in [0.2, 0.25) is 0 Å². The van der Waals surface area contributed by atoms with Gasteiger partial charge in [0, 0.05) is 17.8 Å². The molecule has 2 aromatic carbocycles. The summed E-state index contributed by atoms with van der Waals surface area (Å²) in [7, 11) is 0. The van der Waals surface area contributed by atoms with Crippen molar-refractivity contribution >= 4 is 10.8 Å². The van der Waals surface area contributed by atoms with Gasteiger partial charge < -0.3 is 0 Å². The van der Waals surface area contributed by atoms with Crippen LogP contribution in [0.5, 0.6) is 0 Å². The molecule has 0 amide bonds. The lowest BCUT2D eigenvalue weighted by Crippen LogP contribution is -2.41. The Morgan fingerprint density at radius 2 is 1.86 bits per heavy atom. The number of benzene rings is 2. The summed E-state index contributed by atoms with van der Waals surface area (Å²) >= 11 is 0. The molecule has 0 radical (unpaired) electrons. The molecule has 2 fully saturated rings. The van der Waals surface area contributed by atoms with Crippen LogP contribution in [0.15, 0.2) is 54.9 Å². The van der Waals surface area contributed by atoms with Crippen LogP contribution in [0.3, 0.4) is 0 Å². The van der Waals surface area contributed by atoms with Gasteiger partial charge in [-0.25, -0.2) is 0 Å². The minimum Gasteiger partial charge on any atom is -0.264 e. The van der Waals surface area contributed by atoms with Gasteiger partial charge in [-0.15, -0.1) is 0 Å². The molecule has 6 rings (SSSR count). The third-order valence-electron chi connectivity index (χ3n) is 8.95. The van der Waals surface area contributed by atoms with Crippen LogP contribution in [0.1, 0.15) is 73.1 Å². The van der Waals surface area contributed by atoms with Crippen LogP contribution < -0.4 is 0 Å². The lowest BCUT2D eigenvalue weighted by Gasteiger charge is -2.51. The Labute approximate surface area is 174 Å². The molecule has 2 saturated carbocycles. The van der Waals surface area contributed by atoms with Crippen molar-refractivity contribution in [3.8, 4) is 0 Å². The molecular formula is C28H31N. The highest BCUT2D eigenvalue weighted by atomic mass is 14.6. The van der Waals surface area contributed by atoms with Crippen LogP contribution >= 0.6 is 0 Å². The van der Waals surface area contributed by atoms with Gasteiger partial charge in [-0.2, -0.15) is 0 Å². The quantitative estimate of drug-likeness (QED) is 0.435. The summed E-state index contributed by atoms with van der Waals surface area (Å²) in [5.41, 5.74) is 6.77. The molecule has 1 heterocycles. The van der Waals surface area contributed by atoms with Gasteiger partial charge >= 0.3 is 0 Å². The Morgan fingerprint density at radius 1 is 0.931 bits per heavy atom. The maximum Gasteiger partial charge on any atom is 0.0346 e. The van der Waals surface area contributed by atoms with Gasteiger partial charge in [-0.1, -0.05) is 42.8 Å². The first-order valence-corrected chi connectivity index (χ1v) is 11.6. The van der Waals surface area contributed by atoms with Crippen LogP contribution in [0.4, 0.5) is 0 Å². The number of pyridine rings is 1. The molecule has 3 aliphatic carbocycles. The smallest absolute Gasteiger partial charge is 0.0346 e. The molecule has 1 heteroatoms. The molecule has 0 aliphatic heterocycles. The van der Waals surface area contributed by atoms with Crippen LogP contribution in [0.25, 0.3) is 10.8 Å². The molecule has 0 unspecified atom stereocenters. The maximum absolute atomic E-state index is 4.36. The Hall–Kier alpha value is -2.15. The van der Waals surface area contributed by atoms with Crippen molar-refractivity contribution in [2.45, 2.75) is 64.2 Å². The number of aryl methyl sites for hydroxylation is 2. The molecule has 0 N–H and O–H groups in total. The molecule has 5 atom stereocenters. The third-order valence-corrected chi connectivity index (χ3v) is 8.95. The molecule has 0 bridgehead atoms. The lowest BCUT2D eigenvalue weighted by atomic mass is 9.53. The Bertz CT molecular complexity index is 1080. The predicted molar refractivity (Wildman–Crippen MR) is 120 cm³/mol. The summed E-state index contributed by atoms with van der Waals surface area (Å²) in [5, 5.41) is 2.61. The van der Waals surface area contributed by atoms with E-state index >= 15 is 0 Å². The zero-order chi connectivity index (χ0) is 19.6. The number of nitrogens with zero attached hydrogens (tertiary/aromatic N) is 1. The van der Waals surface area contributed by atoms with Gasteiger partial charge in [0.1, 0.15) is 0 Å². The van der Waals surface area contributed by atoms with Gasteiger partial charge in [-0.05, 0) is 109 Å². The summed E-state index contributed by atoms with van der Waals surface area (Å²) < 4.78 is 0. The van der Waals surface area contributed by atoms with Gasteiger partial charge in [0.25, 0.3) is 0 Å². The summed E-state index contributed by atoms with van der Waals surface area (Å²) in [4.78, 5) is 4.36. The highest BCUT2D eigenvalue weighted by Gasteiger charge is 2.54. The van der Waals surface area contributed by atoms with E-state index in [0.717, 1.165) is 17.8 Å². The number of hydrogen-bond acceptors (Lipinski definition) is 1. The summed E-state index contributed by atoms with van der Waals surface area (Å²) in [6.07, 6.45) is 12.1. The molecule has 1 nitrogen and oxygen atoms in total. The van der Waals surface area contributed by atoms with E-state index in [-0.39, 0.29) is 0 Å². The second kappa shape index (κ2) is 6.42. The van der Waals surface area contributed by atoms with Crippen molar-refractivity contribution in [2.24, 2.45) is 17.3 Å². The van der Waals surface area contributed by atoms with Crippen molar-refractivity contribution in [3.05, 3.63) is 77.1 Å². The lowest BCUT2D eigenvalue weighted by molar-refractivity contribution is 0.0482. The minimum absolute atomic E-state index is 0.458. The van der Waals surface area contributed by atoms with Gasteiger partial charge in [0.15, 0.2) is 0 Å². The average Bonchev–Trinajstić information content (AvgIpc) is 3.10. The fraction of sp³-hybridized carbons (Fsp3) is 0.464. The Balaban J connectivity index is 1.34. The van der Waals surface area contributed by atoms with Crippen molar-refractivity contribution in [3.63, 3.8) is 0 Å². The standard InChI is InChI=1S/C28H31N/c1-18-3-7-23-20(15-18)6-8-25-24(23)11-13-28(2)26(9-10-27(25)28)21-5-4-19-12-14-29-17-22(19)16-21/h3-5,7,12,14-17,24-27H,6,8-11,13H2,1-2H3/t24-,25-,26+,27+,28-/m1/s1. The SMILES string of the molecule is Cc1ccc2c(c1)CC[C@@H]1[C@@H]2CC[C@]2(C)[C@H](c3ccc4ccncc4c3)CC[C@@H]12. The predicted octanol–water partition coefficient (Wildman–Crippen LogP) is 7.18. The average molecular weight is 382 g/mol. The minimum atomic E-state index is 0.458. The number of aromatic nitrogens is 1. The van der Waals surface area contributed by atoms with E-state index in [1.54, 1.807) is 16.7 Å². The molecule has 1 aromatic heterocycles. The summed E-state index contributed by atoms with van der Waals surface area (Å²) in [6, 6.07) is 16.6. The molecular weight excluding hydrogens is 350 g/mol. The highest BCUT2D eigenvalue weighted by molar-refractivity contribution is 5.82. The van der Waals surface area contributed by atoms with Crippen molar-refractivity contribution in [1.82, 2.24) is 4.98 Å². The molecule has 148 valence electrons. The van der Waals surface area contributed by atoms with E-state index in [1.165, 1.54) is 54.9 Å². The molecule has 3 aromatic rings. The van der Waals surface area contributed by atoms with E-state index in [2.05, 4.69) is 61.3 Å². The summed E-state index contributed by atoms with van der Waals surface area (Å²) in [5.74, 6) is 3.27. The second-order valence-corrected chi connectivity index (χ2v) is 10.3. The molecule has 0 spiro atoms. The molecule has 0 saturated heterocycles. The normalized spacial score (nSPS) is 33.2. The van der Waals surface area contributed by atoms with Crippen molar-refractivity contribution in [1.29, 1.82) is 0 Å². The van der Waals surface area contributed by atoms with Crippen LogP contribution in [-0.2, 0) is 6.42 Å². The first kappa shape index (κ1) is 17.7. The van der Waals surface area contributed by atoms with Crippen LogP contribution in [0.2, 0.25) is 0 Å². The van der Waals surface area contributed by atoms with Crippen LogP contribution in [0, 0.1) is 24.2 Å². The Kier molecular flexibility index (Phi) is 3.92. The van der Waals surface area contributed by atoms with E-state index in [1.807, 2.05) is 12.4 Å². The van der Waals surface area contributed by atoms with E-state index in [0.29, 0.717) is 11.3 Å². The second-order valence-electron chi connectivity index (χ2n) is 10.3. The van der Waals surface area contributed by atoms with E-state index < -0.39 is 0 Å². The van der Waals surface area contributed by atoms with Gasteiger partial charge in [0.05, 0.1) is 0 Å². The Morgan fingerprint density at radius 3 is 2.79 bits per heavy atom. The van der Waals surface area contributed by atoms with Gasteiger partial charge in [-0.3, -0.25) is 4.98 Å². The largest absolute Gasteiger partial charge is 0.264 e. The van der Waals surface area contributed by atoms with Crippen molar-refractivity contribution in [2.75, 3.05) is 0 Å². The molecule has 3 aliphatic rings. The van der Waals surface area contributed by atoms with E-state index in [4.69, 9.17) is 0 Å². The van der Waals surface area contributed by atoms with E-state index in [9.17, 15) is 0 Å². The number of hydrogen-bond donors (Lipinski definition) is 0. The fourth-order valence-corrected chi connectivity index (χ4v) is 7.58. The zero-order valence-electron chi connectivity index (χ0n) is 17.7. The topological polar surface area (TPSA) is 12.9 Å². The monoisotopic (exact) mass is 381 g/mol.